The zero-order valence-corrected chi connectivity index (χ0v) is 18.6. The topological polar surface area (TPSA) is 9.23 Å². The van der Waals surface area contributed by atoms with Crippen LogP contribution in [-0.4, -0.2) is 6.61 Å². The molecule has 0 amide bonds. The van der Waals surface area contributed by atoms with E-state index in [0.717, 1.165) is 12.4 Å². The van der Waals surface area contributed by atoms with Crippen molar-refractivity contribution in [1.82, 2.24) is 0 Å². The third-order valence-corrected chi connectivity index (χ3v) is 3.51. The Bertz CT molecular complexity index is 291. The quantitative estimate of drug-likeness (QED) is 0.390. The summed E-state index contributed by atoms with van der Waals surface area (Å²) >= 11 is 0. The van der Waals surface area contributed by atoms with E-state index in [4.69, 9.17) is 4.74 Å². The number of hydrogen-bond acceptors (Lipinski definition) is 1. The van der Waals surface area contributed by atoms with Crippen LogP contribution in [0.2, 0.25) is 0 Å². The normalized spacial score (nSPS) is 9.57. The first-order valence-corrected chi connectivity index (χ1v) is 8.11. The monoisotopic (exact) mass is 308 g/mol. The molecule has 0 spiro atoms. The summed E-state index contributed by atoms with van der Waals surface area (Å²) < 4.78 is 5.68. The third kappa shape index (κ3) is 15.7. The molecule has 0 saturated heterocycles. The summed E-state index contributed by atoms with van der Waals surface area (Å²) in [6.45, 7) is 3.14. The molecule has 0 heterocycles. The molecule has 0 fully saturated rings. The van der Waals surface area contributed by atoms with Crippen molar-refractivity contribution in [3.8, 4) is 5.75 Å². The second kappa shape index (κ2) is 19.1. The molecule has 1 aromatic carbocycles. The van der Waals surface area contributed by atoms with Crippen molar-refractivity contribution in [2.45, 2.75) is 71.1 Å². The third-order valence-electron chi connectivity index (χ3n) is 3.51. The number of para-hydroxylation sites is 1. The van der Waals surface area contributed by atoms with Crippen molar-refractivity contribution >= 4 is 0 Å². The van der Waals surface area contributed by atoms with Gasteiger partial charge in [-0.05, 0) is 18.6 Å². The van der Waals surface area contributed by atoms with Crippen LogP contribution in [0.5, 0.6) is 5.75 Å². The summed E-state index contributed by atoms with van der Waals surface area (Å²) in [6, 6.07) is 10.1. The van der Waals surface area contributed by atoms with E-state index >= 15 is 0 Å². The number of unbranched alkanes of at least 4 members (excludes halogenated alkanes) is 9. The van der Waals surface area contributed by atoms with E-state index in [2.05, 4.69) is 6.92 Å². The van der Waals surface area contributed by atoms with Crippen LogP contribution in [0.1, 0.15) is 71.1 Å². The van der Waals surface area contributed by atoms with Gasteiger partial charge in [0, 0.05) is 0 Å². The maximum Gasteiger partial charge on any atom is 1.00 e. The Morgan fingerprint density at radius 1 is 0.667 bits per heavy atom. The number of ether oxygens (including phenoxy) is 1. The van der Waals surface area contributed by atoms with E-state index in [1.54, 1.807) is 0 Å². The SMILES string of the molecule is CCCCCCCCCCCCOc1ccccc1.[Na+].[Na+]. The van der Waals surface area contributed by atoms with Gasteiger partial charge in [0.15, 0.2) is 0 Å². The smallest absolute Gasteiger partial charge is 0.494 e. The second-order valence-corrected chi connectivity index (χ2v) is 5.34. The van der Waals surface area contributed by atoms with E-state index in [1.807, 2.05) is 30.3 Å². The Morgan fingerprint density at radius 2 is 1.14 bits per heavy atom. The molecule has 0 aliphatic heterocycles. The molecule has 1 aromatic rings. The maximum atomic E-state index is 5.68. The fourth-order valence-electron chi connectivity index (χ4n) is 2.30. The van der Waals surface area contributed by atoms with Crippen LogP contribution >= 0.6 is 0 Å². The van der Waals surface area contributed by atoms with Crippen LogP contribution < -0.4 is 63.9 Å². The minimum atomic E-state index is 0. The molecule has 108 valence electrons. The zero-order valence-electron chi connectivity index (χ0n) is 14.6. The first-order chi connectivity index (χ1) is 9.43. The molecule has 0 bridgehead atoms. The predicted molar refractivity (Wildman–Crippen MR) is 83.8 cm³/mol. The Hall–Kier alpha value is 1.02. The van der Waals surface area contributed by atoms with Crippen molar-refractivity contribution < 1.29 is 63.9 Å². The van der Waals surface area contributed by atoms with Crippen molar-refractivity contribution in [2.75, 3.05) is 6.61 Å². The van der Waals surface area contributed by atoms with Gasteiger partial charge in [-0.1, -0.05) is 82.9 Å². The Kier molecular flexibility index (Phi) is 22.0. The van der Waals surface area contributed by atoms with Crippen molar-refractivity contribution in [1.29, 1.82) is 0 Å². The standard InChI is InChI=1S/C18H30O.2Na/c1-2-3-4-5-6-7-8-9-10-14-17-19-18-15-12-11-13-16-18;;/h11-13,15-16H,2-10,14,17H2,1H3;;/q;2*+1. The minimum Gasteiger partial charge on any atom is -0.494 e. The molecule has 0 aliphatic carbocycles. The average molecular weight is 308 g/mol. The van der Waals surface area contributed by atoms with Gasteiger partial charge < -0.3 is 4.74 Å². The Morgan fingerprint density at radius 3 is 1.67 bits per heavy atom. The molecule has 3 heteroatoms. The maximum absolute atomic E-state index is 5.68. The molecule has 0 radical (unpaired) electrons. The van der Waals surface area contributed by atoms with Gasteiger partial charge in [0.1, 0.15) is 5.75 Å². The van der Waals surface area contributed by atoms with Gasteiger partial charge in [-0.25, -0.2) is 0 Å². The Labute approximate surface area is 176 Å². The molecule has 0 saturated carbocycles. The van der Waals surface area contributed by atoms with Crippen LogP contribution in [0.15, 0.2) is 30.3 Å². The van der Waals surface area contributed by atoms with Gasteiger partial charge in [0.25, 0.3) is 0 Å². The predicted octanol–water partition coefficient (Wildman–Crippen LogP) is -0.00570. The molecular formula is C18H30Na2O+2. The van der Waals surface area contributed by atoms with E-state index in [0.29, 0.717) is 0 Å². The fourth-order valence-corrected chi connectivity index (χ4v) is 2.30. The van der Waals surface area contributed by atoms with Gasteiger partial charge in [0.05, 0.1) is 6.61 Å². The second-order valence-electron chi connectivity index (χ2n) is 5.34. The van der Waals surface area contributed by atoms with Crippen LogP contribution in [0.4, 0.5) is 0 Å². The van der Waals surface area contributed by atoms with Gasteiger partial charge in [-0.15, -0.1) is 0 Å². The summed E-state index contributed by atoms with van der Waals surface area (Å²) in [4.78, 5) is 0. The first kappa shape index (κ1) is 24.3. The van der Waals surface area contributed by atoms with Crippen molar-refractivity contribution in [2.24, 2.45) is 0 Å². The molecular weight excluding hydrogens is 278 g/mol. The number of benzene rings is 1. The summed E-state index contributed by atoms with van der Waals surface area (Å²) in [7, 11) is 0. The molecule has 1 nitrogen and oxygen atoms in total. The van der Waals surface area contributed by atoms with Gasteiger partial charge in [-0.2, -0.15) is 0 Å². The van der Waals surface area contributed by atoms with Gasteiger partial charge in [0.2, 0.25) is 0 Å². The van der Waals surface area contributed by atoms with E-state index in [1.165, 1.54) is 64.2 Å². The summed E-state index contributed by atoms with van der Waals surface area (Å²) in [5.74, 6) is 0.999. The summed E-state index contributed by atoms with van der Waals surface area (Å²) in [5, 5.41) is 0. The van der Waals surface area contributed by atoms with Crippen LogP contribution in [0, 0.1) is 0 Å². The zero-order chi connectivity index (χ0) is 13.6. The summed E-state index contributed by atoms with van der Waals surface area (Å²) in [6.07, 6.45) is 13.7. The van der Waals surface area contributed by atoms with Gasteiger partial charge >= 0.3 is 59.1 Å². The average Bonchev–Trinajstić information content (AvgIpc) is 2.46. The molecule has 1 rings (SSSR count). The molecule has 0 atom stereocenters. The van der Waals surface area contributed by atoms with Crippen molar-refractivity contribution in [3.05, 3.63) is 30.3 Å². The van der Waals surface area contributed by atoms with E-state index in [-0.39, 0.29) is 59.1 Å². The van der Waals surface area contributed by atoms with Crippen LogP contribution in [0.25, 0.3) is 0 Å². The molecule has 21 heavy (non-hydrogen) atoms. The largest absolute Gasteiger partial charge is 1.00 e. The first-order valence-electron chi connectivity index (χ1n) is 8.11. The van der Waals surface area contributed by atoms with Crippen molar-refractivity contribution in [3.63, 3.8) is 0 Å². The number of hydrogen-bond donors (Lipinski definition) is 0. The Balaban J connectivity index is 0. The van der Waals surface area contributed by atoms with Crippen LogP contribution in [-0.2, 0) is 0 Å². The summed E-state index contributed by atoms with van der Waals surface area (Å²) in [5.41, 5.74) is 0. The van der Waals surface area contributed by atoms with E-state index < -0.39 is 0 Å². The molecule has 0 aromatic heterocycles. The molecule has 0 N–H and O–H groups in total. The minimum absolute atomic E-state index is 0. The van der Waals surface area contributed by atoms with E-state index in [9.17, 15) is 0 Å². The molecule has 0 unspecified atom stereocenters. The molecule has 0 aliphatic rings. The van der Waals surface area contributed by atoms with Crippen LogP contribution in [0.3, 0.4) is 0 Å². The number of rotatable bonds is 12. The van der Waals surface area contributed by atoms with Gasteiger partial charge in [-0.3, -0.25) is 0 Å². The fraction of sp³-hybridized carbons (Fsp3) is 0.667.